The zero-order valence-electron chi connectivity index (χ0n) is 6.71. The van der Waals surface area contributed by atoms with Gasteiger partial charge in [0.2, 0.25) is 0 Å². The number of hydrogen-bond acceptors (Lipinski definition) is 0. The van der Waals surface area contributed by atoms with E-state index < -0.39 is 18.7 Å². The summed E-state index contributed by atoms with van der Waals surface area (Å²) in [4.78, 5) is 0. The summed E-state index contributed by atoms with van der Waals surface area (Å²) >= 11 is 0. The summed E-state index contributed by atoms with van der Waals surface area (Å²) < 4.78 is 35.5. The number of halogens is 3. The minimum atomic E-state index is -4.64. The maximum Gasteiger partial charge on any atom is 0.418 e. The van der Waals surface area contributed by atoms with Gasteiger partial charge in [-0.25, -0.2) is 5.11 Å². The maximum atomic E-state index is 11.8. The highest BCUT2D eigenvalue weighted by molar-refractivity contribution is 5.15. The van der Waals surface area contributed by atoms with Crippen molar-refractivity contribution >= 4 is 0 Å². The van der Waals surface area contributed by atoms with Crippen LogP contribution in [0.2, 0.25) is 0 Å². The zero-order valence-corrected chi connectivity index (χ0v) is 6.71. The summed E-state index contributed by atoms with van der Waals surface area (Å²) in [6.07, 6.45) is -7.66. The molecule has 1 radical (unpaired) electrons. The summed E-state index contributed by atoms with van der Waals surface area (Å²) in [7, 11) is 0. The number of benzene rings is 1. The number of alkyl halides is 3. The number of hydrogen-bond donors (Lipinski definition) is 0. The molecule has 0 spiro atoms. The van der Waals surface area contributed by atoms with Crippen LogP contribution in [0, 0.1) is 0 Å². The summed E-state index contributed by atoms with van der Waals surface area (Å²) in [5.41, 5.74) is 0.417. The van der Waals surface area contributed by atoms with Gasteiger partial charge in [-0.05, 0) is 5.56 Å². The van der Waals surface area contributed by atoms with Crippen molar-refractivity contribution in [3.05, 3.63) is 35.9 Å². The van der Waals surface area contributed by atoms with Crippen LogP contribution in [0.1, 0.15) is 5.56 Å². The zero-order chi connectivity index (χ0) is 9.90. The third-order valence-corrected chi connectivity index (χ3v) is 1.63. The van der Waals surface area contributed by atoms with Gasteiger partial charge in [-0.1, -0.05) is 30.3 Å². The van der Waals surface area contributed by atoms with Crippen LogP contribution >= 0.6 is 0 Å². The molecule has 1 rings (SSSR count). The molecule has 0 bridgehead atoms. The smallest absolute Gasteiger partial charge is 0.223 e. The topological polar surface area (TPSA) is 19.9 Å². The Labute approximate surface area is 73.8 Å². The van der Waals surface area contributed by atoms with Crippen molar-refractivity contribution in [3.8, 4) is 0 Å². The van der Waals surface area contributed by atoms with E-state index in [2.05, 4.69) is 0 Å². The van der Waals surface area contributed by atoms with Crippen molar-refractivity contribution in [3.63, 3.8) is 0 Å². The molecule has 1 atom stereocenters. The molecule has 1 aromatic rings. The second-order valence-corrected chi connectivity index (χ2v) is 2.72. The molecule has 0 saturated heterocycles. The molecule has 1 aromatic carbocycles. The lowest BCUT2D eigenvalue weighted by Crippen LogP contribution is -2.29. The fourth-order valence-corrected chi connectivity index (χ4v) is 0.944. The number of rotatable bonds is 2. The van der Waals surface area contributed by atoms with Crippen molar-refractivity contribution in [2.45, 2.75) is 18.7 Å². The van der Waals surface area contributed by atoms with E-state index in [1.165, 1.54) is 12.1 Å². The van der Waals surface area contributed by atoms with Crippen molar-refractivity contribution in [1.29, 1.82) is 0 Å². The molecular weight excluding hydrogens is 181 g/mol. The van der Waals surface area contributed by atoms with Crippen molar-refractivity contribution in [1.82, 2.24) is 0 Å². The molecule has 1 unspecified atom stereocenters. The second kappa shape index (κ2) is 3.79. The fraction of sp³-hybridized carbons (Fsp3) is 0.333. The molecule has 0 amide bonds. The third-order valence-electron chi connectivity index (χ3n) is 1.63. The molecule has 13 heavy (non-hydrogen) atoms. The van der Waals surface area contributed by atoms with Crippen LogP contribution in [0.5, 0.6) is 0 Å². The van der Waals surface area contributed by atoms with Crippen molar-refractivity contribution < 1.29 is 18.3 Å². The summed E-state index contributed by atoms with van der Waals surface area (Å²) in [5, 5.41) is 10.6. The quantitative estimate of drug-likeness (QED) is 0.681. The molecule has 0 fully saturated rings. The molecule has 1 nitrogen and oxygen atoms in total. The lowest BCUT2D eigenvalue weighted by atomic mass is 10.1. The van der Waals surface area contributed by atoms with Gasteiger partial charge in [0, 0.05) is 6.42 Å². The first-order valence-corrected chi connectivity index (χ1v) is 3.76. The lowest BCUT2D eigenvalue weighted by molar-refractivity contribution is -0.220. The Hall–Kier alpha value is -1.03. The summed E-state index contributed by atoms with van der Waals surface area (Å²) in [6.45, 7) is 0. The SMILES string of the molecule is [O]C(Cc1ccccc1)C(F)(F)F. The predicted octanol–water partition coefficient (Wildman–Crippen LogP) is 2.59. The van der Waals surface area contributed by atoms with Crippen LogP contribution in [0.3, 0.4) is 0 Å². The van der Waals surface area contributed by atoms with Gasteiger partial charge in [0.25, 0.3) is 0 Å². The molecule has 0 heterocycles. The molecular formula is C9H8F3O. The summed E-state index contributed by atoms with van der Waals surface area (Å²) in [6, 6.07) is 7.93. The van der Waals surface area contributed by atoms with E-state index >= 15 is 0 Å². The first kappa shape index (κ1) is 10.1. The summed E-state index contributed by atoms with van der Waals surface area (Å²) in [5.74, 6) is 0. The van der Waals surface area contributed by atoms with E-state index in [1.807, 2.05) is 0 Å². The highest BCUT2D eigenvalue weighted by Gasteiger charge is 2.39. The normalized spacial score (nSPS) is 14.2. The van der Waals surface area contributed by atoms with Gasteiger partial charge in [0.15, 0.2) is 6.10 Å². The van der Waals surface area contributed by atoms with Crippen LogP contribution in [0.15, 0.2) is 30.3 Å². The molecule has 0 aromatic heterocycles. The monoisotopic (exact) mass is 189 g/mol. The van der Waals surface area contributed by atoms with Gasteiger partial charge in [0.1, 0.15) is 0 Å². The van der Waals surface area contributed by atoms with Gasteiger partial charge < -0.3 is 0 Å². The van der Waals surface area contributed by atoms with E-state index in [4.69, 9.17) is 0 Å². The van der Waals surface area contributed by atoms with Gasteiger partial charge in [0.05, 0.1) is 0 Å². The van der Waals surface area contributed by atoms with Crippen LogP contribution in [-0.2, 0) is 11.5 Å². The van der Waals surface area contributed by atoms with Crippen molar-refractivity contribution in [2.24, 2.45) is 0 Å². The Bertz CT molecular complexity index is 255. The van der Waals surface area contributed by atoms with Crippen LogP contribution in [0.4, 0.5) is 13.2 Å². The minimum absolute atomic E-state index is 0.417. The minimum Gasteiger partial charge on any atom is -0.223 e. The molecule has 0 aliphatic carbocycles. The van der Waals surface area contributed by atoms with E-state index in [0.717, 1.165) is 0 Å². The Kier molecular flexibility index (Phi) is 2.93. The highest BCUT2D eigenvalue weighted by Crippen LogP contribution is 2.23. The third kappa shape index (κ3) is 3.06. The maximum absolute atomic E-state index is 11.8. The van der Waals surface area contributed by atoms with Gasteiger partial charge in [-0.2, -0.15) is 13.2 Å². The van der Waals surface area contributed by atoms with E-state index in [9.17, 15) is 18.3 Å². The molecule has 0 aliphatic rings. The molecule has 4 heteroatoms. The highest BCUT2D eigenvalue weighted by atomic mass is 19.4. The largest absolute Gasteiger partial charge is 0.418 e. The fourth-order valence-electron chi connectivity index (χ4n) is 0.944. The molecule has 0 aliphatic heterocycles. The predicted molar refractivity (Wildman–Crippen MR) is 40.7 cm³/mol. The second-order valence-electron chi connectivity index (χ2n) is 2.72. The molecule has 0 N–H and O–H groups in total. The van der Waals surface area contributed by atoms with Crippen LogP contribution < -0.4 is 0 Å². The first-order valence-electron chi connectivity index (χ1n) is 3.76. The van der Waals surface area contributed by atoms with Crippen molar-refractivity contribution in [2.75, 3.05) is 0 Å². The molecule has 71 valence electrons. The van der Waals surface area contributed by atoms with E-state index in [-0.39, 0.29) is 0 Å². The van der Waals surface area contributed by atoms with Gasteiger partial charge >= 0.3 is 6.18 Å². The van der Waals surface area contributed by atoms with E-state index in [1.54, 1.807) is 18.2 Å². The first-order chi connectivity index (χ1) is 6.00. The molecule has 0 saturated carbocycles. The van der Waals surface area contributed by atoms with Crippen LogP contribution in [-0.4, -0.2) is 12.3 Å². The van der Waals surface area contributed by atoms with Crippen LogP contribution in [0.25, 0.3) is 0 Å². The Morgan fingerprint density at radius 1 is 1.15 bits per heavy atom. The standard InChI is InChI=1S/C9H8F3O/c10-9(11,12)8(13)6-7-4-2-1-3-5-7/h1-5,8H,6H2. The Balaban J connectivity index is 2.61. The lowest BCUT2D eigenvalue weighted by Gasteiger charge is -2.11. The Morgan fingerprint density at radius 3 is 2.15 bits per heavy atom. The van der Waals surface area contributed by atoms with E-state index in [0.29, 0.717) is 5.56 Å². The average Bonchev–Trinajstić information content (AvgIpc) is 2.04. The Morgan fingerprint density at radius 2 is 1.69 bits per heavy atom. The van der Waals surface area contributed by atoms with Gasteiger partial charge in [-0.3, -0.25) is 0 Å². The van der Waals surface area contributed by atoms with Gasteiger partial charge in [-0.15, -0.1) is 0 Å². The average molecular weight is 189 g/mol.